The van der Waals surface area contributed by atoms with Gasteiger partial charge in [-0.3, -0.25) is 4.79 Å². The highest BCUT2D eigenvalue weighted by Gasteiger charge is 2.75. The van der Waals surface area contributed by atoms with Gasteiger partial charge in [-0.25, -0.2) is 12.8 Å². The maximum Gasteiger partial charge on any atom is 0.315 e. The molecule has 0 amide bonds. The molecular formula is C19H19ClFNO4S. The minimum Gasteiger partial charge on any atom is -0.465 e. The highest BCUT2D eigenvalue weighted by Crippen LogP contribution is 2.64. The molecule has 0 spiro atoms. The Balaban J connectivity index is 2.12. The fourth-order valence-corrected chi connectivity index (χ4v) is 6.15. The van der Waals surface area contributed by atoms with Crippen molar-refractivity contribution in [1.82, 2.24) is 0 Å². The van der Waals surface area contributed by atoms with Crippen LogP contribution in [0.2, 0.25) is 5.02 Å². The Labute approximate surface area is 162 Å². The first kappa shape index (κ1) is 19.8. The molecule has 2 N–H and O–H groups in total. The Morgan fingerprint density at radius 2 is 1.93 bits per heavy atom. The van der Waals surface area contributed by atoms with Crippen LogP contribution in [0.4, 0.5) is 4.39 Å². The molecule has 0 heterocycles. The molecule has 0 saturated heterocycles. The van der Waals surface area contributed by atoms with Gasteiger partial charge in [0.25, 0.3) is 0 Å². The lowest BCUT2D eigenvalue weighted by atomic mass is 9.99. The van der Waals surface area contributed by atoms with Gasteiger partial charge in [0, 0.05) is 17.5 Å². The Kier molecular flexibility index (Phi) is 5.29. The first-order valence-corrected chi connectivity index (χ1v) is 10.3. The molecule has 144 valence electrons. The second-order valence-corrected chi connectivity index (χ2v) is 8.92. The molecule has 0 aromatic heterocycles. The lowest BCUT2D eigenvalue weighted by Crippen LogP contribution is -2.33. The highest BCUT2D eigenvalue weighted by atomic mass is 35.5. The molecule has 2 aromatic rings. The lowest BCUT2D eigenvalue weighted by Gasteiger charge is -2.14. The number of carbonyl (C=O) groups excluding carboxylic acids is 1. The SMILES string of the molecule is CCOC(=O)[C@]1(CN)[C@H](c2cccc(F)c2)[C@H]1S(=O)(=O)c1ccc(Cl)cc1. The Hall–Kier alpha value is -1.96. The van der Waals surface area contributed by atoms with Gasteiger partial charge in [-0.05, 0) is 48.9 Å². The van der Waals surface area contributed by atoms with Crippen molar-refractivity contribution in [2.24, 2.45) is 11.1 Å². The van der Waals surface area contributed by atoms with E-state index in [0.29, 0.717) is 10.6 Å². The third kappa shape index (κ3) is 3.24. The summed E-state index contributed by atoms with van der Waals surface area (Å²) in [6.07, 6.45) is 0. The van der Waals surface area contributed by atoms with E-state index in [1.165, 1.54) is 42.5 Å². The zero-order valence-corrected chi connectivity index (χ0v) is 16.1. The normalized spacial score (nSPS) is 24.4. The van der Waals surface area contributed by atoms with Crippen molar-refractivity contribution < 1.29 is 22.3 Å². The van der Waals surface area contributed by atoms with Crippen molar-refractivity contribution in [3.63, 3.8) is 0 Å². The summed E-state index contributed by atoms with van der Waals surface area (Å²) in [6, 6.07) is 11.2. The molecule has 0 aliphatic heterocycles. The van der Waals surface area contributed by atoms with E-state index in [-0.39, 0.29) is 18.0 Å². The highest BCUT2D eigenvalue weighted by molar-refractivity contribution is 7.92. The summed E-state index contributed by atoms with van der Waals surface area (Å²) in [5.74, 6) is -2.00. The van der Waals surface area contributed by atoms with Gasteiger partial charge in [-0.15, -0.1) is 0 Å². The molecular weight excluding hydrogens is 393 g/mol. The van der Waals surface area contributed by atoms with Crippen LogP contribution < -0.4 is 5.73 Å². The maximum absolute atomic E-state index is 13.7. The smallest absolute Gasteiger partial charge is 0.315 e. The number of rotatable bonds is 6. The Morgan fingerprint density at radius 3 is 2.48 bits per heavy atom. The van der Waals surface area contributed by atoms with Gasteiger partial charge in [-0.1, -0.05) is 23.7 Å². The molecule has 0 radical (unpaired) electrons. The molecule has 1 fully saturated rings. The number of sulfone groups is 1. The molecule has 2 aromatic carbocycles. The second-order valence-electron chi connectivity index (χ2n) is 6.42. The molecule has 1 aliphatic rings. The minimum atomic E-state index is -3.94. The molecule has 8 heteroatoms. The molecule has 1 aliphatic carbocycles. The third-order valence-electron chi connectivity index (χ3n) is 4.93. The van der Waals surface area contributed by atoms with E-state index in [4.69, 9.17) is 22.1 Å². The Bertz CT molecular complexity index is 964. The van der Waals surface area contributed by atoms with Crippen molar-refractivity contribution in [1.29, 1.82) is 0 Å². The summed E-state index contributed by atoms with van der Waals surface area (Å²) < 4.78 is 45.4. The van der Waals surface area contributed by atoms with E-state index in [1.54, 1.807) is 13.0 Å². The number of hydrogen-bond acceptors (Lipinski definition) is 5. The molecule has 3 rings (SSSR count). The lowest BCUT2D eigenvalue weighted by molar-refractivity contribution is -0.149. The van der Waals surface area contributed by atoms with Crippen LogP contribution in [0.5, 0.6) is 0 Å². The zero-order valence-electron chi connectivity index (χ0n) is 14.6. The average molecular weight is 412 g/mol. The van der Waals surface area contributed by atoms with E-state index >= 15 is 0 Å². The van der Waals surface area contributed by atoms with E-state index in [9.17, 15) is 17.6 Å². The van der Waals surface area contributed by atoms with E-state index in [1.807, 2.05) is 0 Å². The van der Waals surface area contributed by atoms with Gasteiger partial charge < -0.3 is 10.5 Å². The molecule has 5 nitrogen and oxygen atoms in total. The number of carbonyl (C=O) groups is 1. The number of halogens is 2. The van der Waals surface area contributed by atoms with Crippen LogP contribution >= 0.6 is 11.6 Å². The van der Waals surface area contributed by atoms with Gasteiger partial charge >= 0.3 is 5.97 Å². The number of esters is 1. The van der Waals surface area contributed by atoms with Crippen molar-refractivity contribution in [3.05, 3.63) is 64.9 Å². The average Bonchev–Trinajstić information content (AvgIpc) is 3.34. The summed E-state index contributed by atoms with van der Waals surface area (Å²) >= 11 is 5.84. The largest absolute Gasteiger partial charge is 0.465 e. The molecule has 0 bridgehead atoms. The van der Waals surface area contributed by atoms with Crippen molar-refractivity contribution >= 4 is 27.4 Å². The molecule has 1 saturated carbocycles. The number of ether oxygens (including phenoxy) is 1. The standard InChI is InChI=1S/C19H19ClFNO4S/c1-2-26-18(23)19(11-22)16(12-4-3-5-14(21)10-12)17(19)27(24,25)15-8-6-13(20)7-9-15/h3-10,16-17H,2,11,22H2,1H3/t16-,17-,19-/m1/s1. The van der Waals surface area contributed by atoms with Crippen molar-refractivity contribution in [2.45, 2.75) is 23.0 Å². The monoisotopic (exact) mass is 411 g/mol. The van der Waals surface area contributed by atoms with Crippen LogP contribution in [0.15, 0.2) is 53.4 Å². The summed E-state index contributed by atoms with van der Waals surface area (Å²) in [4.78, 5) is 12.7. The first-order chi connectivity index (χ1) is 12.8. The predicted molar refractivity (Wildman–Crippen MR) is 99.7 cm³/mol. The van der Waals surface area contributed by atoms with E-state index in [2.05, 4.69) is 0 Å². The summed E-state index contributed by atoms with van der Waals surface area (Å²) in [6.45, 7) is 1.49. The van der Waals surface area contributed by atoms with Gasteiger partial charge in [-0.2, -0.15) is 0 Å². The summed E-state index contributed by atoms with van der Waals surface area (Å²) in [7, 11) is -3.94. The number of nitrogens with two attached hydrogens (primary N) is 1. The topological polar surface area (TPSA) is 86.5 Å². The first-order valence-electron chi connectivity index (χ1n) is 8.41. The molecule has 3 atom stereocenters. The number of hydrogen-bond donors (Lipinski definition) is 1. The van der Waals surface area contributed by atoms with Crippen molar-refractivity contribution in [3.8, 4) is 0 Å². The fourth-order valence-electron chi connectivity index (χ4n) is 3.64. The van der Waals surface area contributed by atoms with E-state index < -0.39 is 38.2 Å². The van der Waals surface area contributed by atoms with Gasteiger partial charge in [0.15, 0.2) is 9.84 Å². The molecule has 0 unspecified atom stereocenters. The summed E-state index contributed by atoms with van der Waals surface area (Å²) in [5, 5.41) is -0.751. The predicted octanol–water partition coefficient (Wildman–Crippen LogP) is 2.93. The molecule has 27 heavy (non-hydrogen) atoms. The van der Waals surface area contributed by atoms with Crippen LogP contribution in [-0.2, 0) is 19.4 Å². The van der Waals surface area contributed by atoms with Crippen LogP contribution in [0.3, 0.4) is 0 Å². The zero-order chi connectivity index (χ0) is 19.8. The van der Waals surface area contributed by atoms with Crippen LogP contribution in [0.1, 0.15) is 18.4 Å². The Morgan fingerprint density at radius 1 is 1.26 bits per heavy atom. The number of benzene rings is 2. The van der Waals surface area contributed by atoms with E-state index in [0.717, 1.165) is 0 Å². The van der Waals surface area contributed by atoms with Crippen LogP contribution in [0, 0.1) is 11.2 Å². The maximum atomic E-state index is 13.7. The van der Waals surface area contributed by atoms with Crippen LogP contribution in [-0.4, -0.2) is 32.8 Å². The second kappa shape index (κ2) is 7.22. The van der Waals surface area contributed by atoms with Gasteiger partial charge in [0.1, 0.15) is 11.2 Å². The minimum absolute atomic E-state index is 0.0259. The van der Waals surface area contributed by atoms with Gasteiger partial charge in [0.2, 0.25) is 0 Å². The summed E-state index contributed by atoms with van der Waals surface area (Å²) in [5.41, 5.74) is 4.82. The fraction of sp³-hybridized carbons (Fsp3) is 0.316. The van der Waals surface area contributed by atoms with Crippen LogP contribution in [0.25, 0.3) is 0 Å². The van der Waals surface area contributed by atoms with Crippen molar-refractivity contribution in [2.75, 3.05) is 13.2 Å². The quantitative estimate of drug-likeness (QED) is 0.738. The third-order valence-corrected chi connectivity index (χ3v) is 7.48. The van der Waals surface area contributed by atoms with Gasteiger partial charge in [0.05, 0.1) is 16.8 Å².